The number of carbonyl (C=O) groups is 1. The largest absolute Gasteiger partial charge is 0.330 e. The summed E-state index contributed by atoms with van der Waals surface area (Å²) in [5, 5.41) is 3.36. The molecule has 0 fully saturated rings. The summed E-state index contributed by atoms with van der Waals surface area (Å²) >= 11 is 0. The number of hydrogen-bond donors (Lipinski definition) is 2. The average Bonchev–Trinajstić information content (AvgIpc) is 3.15. The molecule has 3 rings (SSSR count). The minimum atomic E-state index is 0.608. The Balaban J connectivity index is 0.000000433. The Morgan fingerprint density at radius 2 is 1.63 bits per heavy atom. The van der Waals surface area contributed by atoms with E-state index in [0.29, 0.717) is 12.1 Å². The van der Waals surface area contributed by atoms with Gasteiger partial charge >= 0.3 is 0 Å². The maximum atomic E-state index is 11.0. The zero-order valence-electron chi connectivity index (χ0n) is 23.1. The Bertz CT molecular complexity index is 982. The third-order valence-electron chi connectivity index (χ3n) is 5.16. The molecule has 0 aliphatic rings. The molecule has 2 aromatic carbocycles. The molecule has 1 heterocycles. The van der Waals surface area contributed by atoms with E-state index < -0.39 is 0 Å². The summed E-state index contributed by atoms with van der Waals surface area (Å²) < 4.78 is 2.08. The van der Waals surface area contributed by atoms with Crippen molar-refractivity contribution in [3.8, 4) is 0 Å². The molecular formula is C29H47N5O. The van der Waals surface area contributed by atoms with Crippen LogP contribution in [0.3, 0.4) is 0 Å². The van der Waals surface area contributed by atoms with Crippen molar-refractivity contribution in [1.29, 1.82) is 0 Å². The maximum Gasteiger partial charge on any atom is 0.208 e. The van der Waals surface area contributed by atoms with E-state index in [9.17, 15) is 4.79 Å². The zero-order valence-corrected chi connectivity index (χ0v) is 23.1. The molecular weight excluding hydrogens is 434 g/mol. The number of anilines is 2. The number of aryl methyl sites for hydroxylation is 2. The van der Waals surface area contributed by atoms with E-state index in [-0.39, 0.29) is 0 Å². The van der Waals surface area contributed by atoms with Crippen molar-refractivity contribution in [2.24, 2.45) is 17.6 Å². The first kappa shape index (κ1) is 30.3. The molecule has 3 aromatic rings. The normalized spacial score (nSPS) is 10.7. The quantitative estimate of drug-likeness (QED) is 0.323. The fraction of sp³-hybridized carbons (Fsp3) is 0.517. The number of nitrogens with two attached hydrogens (primary N) is 1. The molecule has 0 aliphatic carbocycles. The van der Waals surface area contributed by atoms with Crippen LogP contribution in [0.5, 0.6) is 0 Å². The fourth-order valence-corrected chi connectivity index (χ4v) is 3.87. The third-order valence-corrected chi connectivity index (χ3v) is 5.16. The highest BCUT2D eigenvalue weighted by molar-refractivity contribution is 5.87. The van der Waals surface area contributed by atoms with Crippen molar-refractivity contribution in [3.63, 3.8) is 0 Å². The van der Waals surface area contributed by atoms with Crippen molar-refractivity contribution in [2.45, 2.75) is 61.4 Å². The van der Waals surface area contributed by atoms with Crippen LogP contribution in [0.2, 0.25) is 0 Å². The van der Waals surface area contributed by atoms with Gasteiger partial charge in [-0.05, 0) is 69.1 Å². The molecule has 0 atom stereocenters. The van der Waals surface area contributed by atoms with Crippen molar-refractivity contribution in [3.05, 3.63) is 53.6 Å². The lowest BCUT2D eigenvalue weighted by molar-refractivity contribution is 0.112. The van der Waals surface area contributed by atoms with E-state index in [1.807, 2.05) is 38.1 Å². The monoisotopic (exact) mass is 481 g/mol. The number of hydrogen-bond acceptors (Lipinski definition) is 5. The second-order valence-corrected chi connectivity index (χ2v) is 9.60. The summed E-state index contributed by atoms with van der Waals surface area (Å²) in [5.74, 6) is 2.35. The standard InChI is InChI=1S/C18H20N4O.C9H21N.C2H6/c1-13-3-6-15(7-4-13)20-18-21-16-8-5-14(12-23)11-17(16)22(18)10-2-9-19;1-8(2)6-10(5)7-9(3)4;1-2/h3-8,11-12H,2,9-10,19H2,1H3,(H,20,21);8-9H,6-7H2,1-5H3;1-2H3. The van der Waals surface area contributed by atoms with Gasteiger partial charge in [0.2, 0.25) is 5.95 Å². The SMILES string of the molecule is CC.CC(C)CN(C)CC(C)C.Cc1ccc(Nc2nc3ccc(C=O)cc3n2CCCN)cc1. The molecule has 0 saturated heterocycles. The number of imidazole rings is 1. The number of rotatable bonds is 10. The Morgan fingerprint density at radius 3 is 2.14 bits per heavy atom. The first-order chi connectivity index (χ1) is 16.7. The van der Waals surface area contributed by atoms with Gasteiger partial charge < -0.3 is 20.5 Å². The smallest absolute Gasteiger partial charge is 0.208 e. The molecule has 6 heteroatoms. The Hall–Kier alpha value is -2.70. The minimum Gasteiger partial charge on any atom is -0.330 e. The van der Waals surface area contributed by atoms with E-state index >= 15 is 0 Å². The van der Waals surface area contributed by atoms with E-state index in [0.717, 1.165) is 53.8 Å². The number of aldehydes is 1. The summed E-state index contributed by atoms with van der Waals surface area (Å²) in [6.07, 6.45) is 1.70. The molecule has 1 aromatic heterocycles. The second-order valence-electron chi connectivity index (χ2n) is 9.60. The lowest BCUT2D eigenvalue weighted by Crippen LogP contribution is -2.27. The van der Waals surface area contributed by atoms with E-state index in [4.69, 9.17) is 5.73 Å². The number of nitrogens with one attached hydrogen (secondary N) is 1. The molecule has 0 unspecified atom stereocenters. The first-order valence-corrected chi connectivity index (χ1v) is 12.9. The molecule has 6 nitrogen and oxygen atoms in total. The van der Waals surface area contributed by atoms with Crippen LogP contribution in [0.25, 0.3) is 11.0 Å². The van der Waals surface area contributed by atoms with E-state index in [1.54, 1.807) is 6.07 Å². The van der Waals surface area contributed by atoms with Gasteiger partial charge in [0.15, 0.2) is 0 Å². The summed E-state index contributed by atoms with van der Waals surface area (Å²) in [5.41, 5.74) is 10.3. The Morgan fingerprint density at radius 1 is 1.03 bits per heavy atom. The van der Waals surface area contributed by atoms with Gasteiger partial charge in [-0.2, -0.15) is 0 Å². The number of fused-ring (bicyclic) bond motifs is 1. The molecule has 0 saturated carbocycles. The van der Waals surface area contributed by atoms with Gasteiger partial charge in [-0.3, -0.25) is 4.79 Å². The second kappa shape index (κ2) is 16.1. The third kappa shape index (κ3) is 10.6. The average molecular weight is 482 g/mol. The molecule has 3 N–H and O–H groups in total. The van der Waals surface area contributed by atoms with Gasteiger partial charge in [-0.25, -0.2) is 4.98 Å². The van der Waals surface area contributed by atoms with Crippen LogP contribution in [0.15, 0.2) is 42.5 Å². The van der Waals surface area contributed by atoms with Gasteiger partial charge in [-0.1, -0.05) is 59.2 Å². The molecule has 0 bridgehead atoms. The number of nitrogens with zero attached hydrogens (tertiary/aromatic N) is 3. The zero-order chi connectivity index (χ0) is 26.4. The molecule has 0 radical (unpaired) electrons. The first-order valence-electron chi connectivity index (χ1n) is 12.9. The number of aromatic nitrogens is 2. The topological polar surface area (TPSA) is 76.2 Å². The van der Waals surface area contributed by atoms with Crippen molar-refractivity contribution in [2.75, 3.05) is 32.0 Å². The molecule has 0 amide bonds. The number of carbonyl (C=O) groups excluding carboxylic acids is 1. The summed E-state index contributed by atoms with van der Waals surface area (Å²) in [4.78, 5) is 18.1. The highest BCUT2D eigenvalue weighted by atomic mass is 16.1. The molecule has 194 valence electrons. The van der Waals surface area contributed by atoms with E-state index in [1.165, 1.54) is 18.7 Å². The summed E-state index contributed by atoms with van der Waals surface area (Å²) in [6, 6.07) is 13.7. The Labute approximate surface area is 212 Å². The van der Waals surface area contributed by atoms with Gasteiger partial charge in [0.1, 0.15) is 6.29 Å². The Kier molecular flexibility index (Phi) is 13.9. The highest BCUT2D eigenvalue weighted by Gasteiger charge is 2.11. The van der Waals surface area contributed by atoms with Crippen LogP contribution < -0.4 is 11.1 Å². The summed E-state index contributed by atoms with van der Waals surface area (Å²) in [6.45, 7) is 18.9. The fourth-order valence-electron chi connectivity index (χ4n) is 3.87. The lowest BCUT2D eigenvalue weighted by Gasteiger charge is -2.20. The van der Waals surface area contributed by atoms with Crippen molar-refractivity contribution < 1.29 is 4.79 Å². The number of benzene rings is 2. The van der Waals surface area contributed by atoms with Crippen LogP contribution in [0.1, 0.15) is 63.9 Å². The lowest BCUT2D eigenvalue weighted by atomic mass is 10.1. The van der Waals surface area contributed by atoms with Gasteiger partial charge in [-0.15, -0.1) is 0 Å². The van der Waals surface area contributed by atoms with E-state index in [2.05, 4.69) is 73.6 Å². The van der Waals surface area contributed by atoms with Crippen LogP contribution in [0.4, 0.5) is 11.6 Å². The van der Waals surface area contributed by atoms with Crippen LogP contribution in [0, 0.1) is 18.8 Å². The predicted octanol–water partition coefficient (Wildman–Crippen LogP) is 6.51. The highest BCUT2D eigenvalue weighted by Crippen LogP contribution is 2.24. The molecule has 0 spiro atoms. The van der Waals surface area contributed by atoms with Crippen LogP contribution >= 0.6 is 0 Å². The summed E-state index contributed by atoms with van der Waals surface area (Å²) in [7, 11) is 2.19. The van der Waals surface area contributed by atoms with Crippen LogP contribution in [-0.4, -0.2) is 47.4 Å². The van der Waals surface area contributed by atoms with Crippen molar-refractivity contribution >= 4 is 29.0 Å². The predicted molar refractivity (Wildman–Crippen MR) is 152 cm³/mol. The van der Waals surface area contributed by atoms with Gasteiger partial charge in [0.05, 0.1) is 11.0 Å². The van der Waals surface area contributed by atoms with Gasteiger partial charge in [0, 0.05) is 30.9 Å². The van der Waals surface area contributed by atoms with Crippen molar-refractivity contribution in [1.82, 2.24) is 14.5 Å². The maximum absolute atomic E-state index is 11.0. The van der Waals surface area contributed by atoms with Crippen LogP contribution in [-0.2, 0) is 6.54 Å². The minimum absolute atomic E-state index is 0.608. The molecule has 0 aliphatic heterocycles. The van der Waals surface area contributed by atoms with Gasteiger partial charge in [0.25, 0.3) is 0 Å². The molecule has 35 heavy (non-hydrogen) atoms.